The van der Waals surface area contributed by atoms with E-state index in [9.17, 15) is 0 Å². The third-order valence-corrected chi connectivity index (χ3v) is 4.94. The van der Waals surface area contributed by atoms with E-state index in [1.807, 2.05) is 30.3 Å². The molecule has 2 fully saturated rings. The number of hydrogen-bond acceptors (Lipinski definition) is 5. The zero-order valence-corrected chi connectivity index (χ0v) is 13.7. The molecule has 4 rings (SSSR count). The number of benzene rings is 1. The molecular weight excluding hydrogens is 306 g/mol. The molecule has 0 bridgehead atoms. The van der Waals surface area contributed by atoms with Crippen molar-refractivity contribution in [3.05, 3.63) is 36.0 Å². The van der Waals surface area contributed by atoms with Crippen LogP contribution >= 0.6 is 0 Å². The summed E-state index contributed by atoms with van der Waals surface area (Å²) in [5.41, 5.74) is 2.78. The van der Waals surface area contributed by atoms with E-state index >= 15 is 0 Å². The Bertz CT molecular complexity index is 643. The number of hydrogen-bond donors (Lipinski definition) is 1. The number of aromatic amines is 1. The number of nitrogens with zero attached hydrogens (tertiary/aromatic N) is 2. The minimum atomic E-state index is -0.289. The summed E-state index contributed by atoms with van der Waals surface area (Å²) in [7, 11) is 0. The monoisotopic (exact) mass is 329 g/mol. The Morgan fingerprint density at radius 3 is 2.58 bits per heavy atom. The van der Waals surface area contributed by atoms with Gasteiger partial charge in [-0.15, -0.1) is 0 Å². The fourth-order valence-electron chi connectivity index (χ4n) is 3.57. The largest absolute Gasteiger partial charge is 0.375 e. The molecule has 1 saturated heterocycles. The van der Waals surface area contributed by atoms with Gasteiger partial charge in [0.15, 0.2) is 5.79 Å². The summed E-state index contributed by atoms with van der Waals surface area (Å²) in [5.74, 6) is 0.277. The number of nitrogens with one attached hydrogen (secondary N) is 1. The summed E-state index contributed by atoms with van der Waals surface area (Å²) < 4.78 is 17.5. The van der Waals surface area contributed by atoms with E-state index in [1.54, 1.807) is 0 Å². The van der Waals surface area contributed by atoms with Gasteiger partial charge in [0.25, 0.3) is 0 Å². The molecule has 0 unspecified atom stereocenters. The van der Waals surface area contributed by atoms with Gasteiger partial charge >= 0.3 is 0 Å². The van der Waals surface area contributed by atoms with Crippen molar-refractivity contribution in [2.24, 2.45) is 5.92 Å². The maximum Gasteiger partial charge on any atom is 0.168 e. The highest BCUT2D eigenvalue weighted by atomic mass is 16.7. The highest BCUT2D eigenvalue weighted by molar-refractivity contribution is 5.60. The first kappa shape index (κ1) is 15.7. The molecule has 128 valence electrons. The number of rotatable bonds is 5. The van der Waals surface area contributed by atoms with Crippen LogP contribution in [-0.4, -0.2) is 41.0 Å². The van der Waals surface area contributed by atoms with Gasteiger partial charge in [0.1, 0.15) is 11.4 Å². The van der Waals surface area contributed by atoms with Crippen LogP contribution in [0.15, 0.2) is 30.3 Å². The highest BCUT2D eigenvalue weighted by Gasteiger charge is 2.40. The van der Waals surface area contributed by atoms with Crippen molar-refractivity contribution in [2.75, 3.05) is 19.8 Å². The Morgan fingerprint density at radius 1 is 1.08 bits per heavy atom. The van der Waals surface area contributed by atoms with Crippen LogP contribution < -0.4 is 0 Å². The standard InChI is InChI=1S/C18H23N3O3/c1-2-4-15(5-3-1)17-16(19-21-20-17)13-22-12-14-6-8-18(9-7-14)23-10-11-24-18/h1-5,14H,6-13H2,(H,19,20,21). The summed E-state index contributed by atoms with van der Waals surface area (Å²) in [6.07, 6.45) is 4.12. The molecule has 2 aromatic rings. The van der Waals surface area contributed by atoms with Crippen LogP contribution in [0.1, 0.15) is 31.4 Å². The molecule has 6 nitrogen and oxygen atoms in total. The summed E-state index contributed by atoms with van der Waals surface area (Å²) in [6, 6.07) is 10.1. The molecule has 6 heteroatoms. The molecule has 1 saturated carbocycles. The Balaban J connectivity index is 1.27. The number of ether oxygens (including phenoxy) is 3. The SMILES string of the molecule is c1ccc(-c2n[nH]nc2COCC2CCC3(CC2)OCCO3)cc1. The molecule has 1 aliphatic carbocycles. The van der Waals surface area contributed by atoms with Crippen LogP contribution in [0.3, 0.4) is 0 Å². The third kappa shape index (κ3) is 3.36. The zero-order chi connectivity index (χ0) is 16.2. The van der Waals surface area contributed by atoms with Gasteiger partial charge in [-0.3, -0.25) is 0 Å². The maximum absolute atomic E-state index is 5.93. The fourth-order valence-corrected chi connectivity index (χ4v) is 3.57. The second-order valence-corrected chi connectivity index (χ2v) is 6.55. The van der Waals surface area contributed by atoms with Crippen LogP contribution in [-0.2, 0) is 20.8 Å². The second kappa shape index (κ2) is 7.01. The van der Waals surface area contributed by atoms with E-state index in [2.05, 4.69) is 15.4 Å². The van der Waals surface area contributed by atoms with Crippen LogP contribution in [0.4, 0.5) is 0 Å². The van der Waals surface area contributed by atoms with Gasteiger partial charge in [-0.2, -0.15) is 15.4 Å². The van der Waals surface area contributed by atoms with Crippen molar-refractivity contribution in [1.82, 2.24) is 15.4 Å². The van der Waals surface area contributed by atoms with Crippen LogP contribution in [0.5, 0.6) is 0 Å². The van der Waals surface area contributed by atoms with Crippen molar-refractivity contribution >= 4 is 0 Å². The quantitative estimate of drug-likeness (QED) is 0.913. The van der Waals surface area contributed by atoms with E-state index in [4.69, 9.17) is 14.2 Å². The van der Waals surface area contributed by atoms with Crippen LogP contribution in [0, 0.1) is 5.92 Å². The lowest BCUT2D eigenvalue weighted by Crippen LogP contribution is -2.36. The van der Waals surface area contributed by atoms with Crippen molar-refractivity contribution in [3.8, 4) is 11.3 Å². The molecule has 24 heavy (non-hydrogen) atoms. The minimum Gasteiger partial charge on any atom is -0.375 e. The van der Waals surface area contributed by atoms with Crippen molar-refractivity contribution in [3.63, 3.8) is 0 Å². The molecule has 1 aromatic heterocycles. The van der Waals surface area contributed by atoms with Gasteiger partial charge in [0.2, 0.25) is 0 Å². The predicted octanol–water partition coefficient (Wildman–Crippen LogP) is 2.92. The van der Waals surface area contributed by atoms with Crippen molar-refractivity contribution in [2.45, 2.75) is 38.1 Å². The van der Waals surface area contributed by atoms with E-state index in [0.717, 1.165) is 62.5 Å². The molecule has 1 aliphatic heterocycles. The van der Waals surface area contributed by atoms with Crippen molar-refractivity contribution < 1.29 is 14.2 Å². The lowest BCUT2D eigenvalue weighted by atomic mass is 9.85. The summed E-state index contributed by atoms with van der Waals surface area (Å²) in [6.45, 7) is 2.69. The fraction of sp³-hybridized carbons (Fsp3) is 0.556. The Labute approximate surface area is 141 Å². The second-order valence-electron chi connectivity index (χ2n) is 6.55. The summed E-state index contributed by atoms with van der Waals surface area (Å²) in [5, 5.41) is 11.2. The number of H-pyrrole nitrogens is 1. The maximum atomic E-state index is 5.93. The summed E-state index contributed by atoms with van der Waals surface area (Å²) >= 11 is 0. The first-order chi connectivity index (χ1) is 11.8. The minimum absolute atomic E-state index is 0.289. The molecule has 0 amide bonds. The van der Waals surface area contributed by atoms with E-state index in [0.29, 0.717) is 12.5 Å². The lowest BCUT2D eigenvalue weighted by Gasteiger charge is -2.35. The van der Waals surface area contributed by atoms with Gasteiger partial charge < -0.3 is 14.2 Å². The predicted molar refractivity (Wildman–Crippen MR) is 88.1 cm³/mol. The average Bonchev–Trinajstić information content (AvgIpc) is 3.28. The molecule has 1 N–H and O–H groups in total. The average molecular weight is 329 g/mol. The third-order valence-electron chi connectivity index (χ3n) is 4.94. The Hall–Kier alpha value is -1.76. The van der Waals surface area contributed by atoms with E-state index in [1.165, 1.54) is 0 Å². The first-order valence-electron chi connectivity index (χ1n) is 8.65. The smallest absolute Gasteiger partial charge is 0.168 e. The Kier molecular flexibility index (Phi) is 4.60. The van der Waals surface area contributed by atoms with Gasteiger partial charge in [-0.1, -0.05) is 30.3 Å². The summed E-state index contributed by atoms with van der Waals surface area (Å²) in [4.78, 5) is 0. The lowest BCUT2D eigenvalue weighted by molar-refractivity contribution is -0.184. The van der Waals surface area contributed by atoms with Crippen LogP contribution in [0.25, 0.3) is 11.3 Å². The topological polar surface area (TPSA) is 69.3 Å². The molecule has 0 atom stereocenters. The molecule has 2 aliphatic rings. The van der Waals surface area contributed by atoms with Crippen molar-refractivity contribution in [1.29, 1.82) is 0 Å². The van der Waals surface area contributed by atoms with Gasteiger partial charge in [-0.25, -0.2) is 0 Å². The molecule has 2 heterocycles. The molecule has 1 spiro atoms. The van der Waals surface area contributed by atoms with E-state index < -0.39 is 0 Å². The molecule has 1 aromatic carbocycles. The van der Waals surface area contributed by atoms with Gasteiger partial charge in [-0.05, 0) is 18.8 Å². The highest BCUT2D eigenvalue weighted by Crippen LogP contribution is 2.38. The zero-order valence-electron chi connectivity index (χ0n) is 13.7. The van der Waals surface area contributed by atoms with Crippen LogP contribution in [0.2, 0.25) is 0 Å². The normalized spacial score (nSPS) is 20.7. The Morgan fingerprint density at radius 2 is 1.83 bits per heavy atom. The van der Waals surface area contributed by atoms with Gasteiger partial charge in [0.05, 0.1) is 19.8 Å². The van der Waals surface area contributed by atoms with E-state index in [-0.39, 0.29) is 5.79 Å². The molecular formula is C18H23N3O3. The number of aromatic nitrogens is 3. The van der Waals surface area contributed by atoms with Gasteiger partial charge in [0, 0.05) is 25.0 Å². The first-order valence-corrected chi connectivity index (χ1v) is 8.65. The molecule has 0 radical (unpaired) electrons.